The summed E-state index contributed by atoms with van der Waals surface area (Å²) in [6.45, 7) is 0.225. The molecule has 3 aromatic carbocycles. The zero-order chi connectivity index (χ0) is 22.0. The molecule has 30 heavy (non-hydrogen) atoms. The first-order chi connectivity index (χ1) is 14.3. The standard InChI is InChI=1S/C12H15NO3.C10H8O3S/c13-8-11(14)6-7-12(15)16-9-10-4-2-1-3-5-10;11-14(12,13)10-6-5-8-3-1-2-4-9(8)7-10/h1-5H,6-9,13H2;1-7H,(H,11,12,13). The van der Waals surface area contributed by atoms with Crippen LogP contribution >= 0.6 is 0 Å². The molecule has 3 aromatic rings. The highest BCUT2D eigenvalue weighted by Crippen LogP contribution is 2.18. The van der Waals surface area contributed by atoms with E-state index in [1.807, 2.05) is 48.5 Å². The number of carbonyl (C=O) groups is 2. The molecular weight excluding hydrogens is 406 g/mol. The number of fused-ring (bicyclic) bond motifs is 1. The maximum atomic E-state index is 11.2. The maximum absolute atomic E-state index is 11.2. The highest BCUT2D eigenvalue weighted by atomic mass is 32.2. The summed E-state index contributed by atoms with van der Waals surface area (Å²) in [7, 11) is -4.09. The second-order valence-electron chi connectivity index (χ2n) is 6.37. The van der Waals surface area contributed by atoms with Gasteiger partial charge in [0.2, 0.25) is 0 Å². The van der Waals surface area contributed by atoms with Crippen LogP contribution < -0.4 is 5.73 Å². The minimum absolute atomic E-state index is 0.0219. The zero-order valence-corrected chi connectivity index (χ0v) is 17.0. The van der Waals surface area contributed by atoms with Crippen molar-refractivity contribution in [1.29, 1.82) is 0 Å². The van der Waals surface area contributed by atoms with Crippen molar-refractivity contribution >= 4 is 32.6 Å². The fourth-order valence-electron chi connectivity index (χ4n) is 2.48. The number of ketones is 1. The fraction of sp³-hybridized carbons (Fsp3) is 0.182. The third kappa shape index (κ3) is 7.75. The molecule has 7 nitrogen and oxygen atoms in total. The Morgan fingerprint density at radius 2 is 1.50 bits per heavy atom. The molecular formula is C22H23NO6S. The number of nitrogens with two attached hydrogens (primary N) is 1. The number of hydrogen-bond donors (Lipinski definition) is 2. The van der Waals surface area contributed by atoms with E-state index in [9.17, 15) is 18.0 Å². The van der Waals surface area contributed by atoms with E-state index in [0.29, 0.717) is 0 Å². The molecule has 0 heterocycles. The van der Waals surface area contributed by atoms with Crippen LogP contribution in [0.1, 0.15) is 18.4 Å². The van der Waals surface area contributed by atoms with Gasteiger partial charge in [-0.3, -0.25) is 14.1 Å². The number of carbonyl (C=O) groups excluding carboxylic acids is 2. The summed E-state index contributed by atoms with van der Waals surface area (Å²) in [4.78, 5) is 22.0. The molecule has 0 aliphatic rings. The SMILES string of the molecule is NCC(=O)CCC(=O)OCc1ccccc1.O=S(=O)(O)c1ccc2ccccc2c1. The third-order valence-corrected chi connectivity index (χ3v) is 4.95. The molecule has 0 atom stereocenters. The van der Waals surface area contributed by atoms with Gasteiger partial charge < -0.3 is 10.5 Å². The molecule has 0 saturated carbocycles. The predicted molar refractivity (Wildman–Crippen MR) is 113 cm³/mol. The Morgan fingerprint density at radius 3 is 2.13 bits per heavy atom. The maximum Gasteiger partial charge on any atom is 0.306 e. The van der Waals surface area contributed by atoms with Crippen molar-refractivity contribution in [3.8, 4) is 0 Å². The Bertz CT molecular complexity index is 1100. The van der Waals surface area contributed by atoms with Crippen molar-refractivity contribution < 1.29 is 27.3 Å². The second-order valence-corrected chi connectivity index (χ2v) is 7.79. The van der Waals surface area contributed by atoms with Crippen LogP contribution in [0.2, 0.25) is 0 Å². The summed E-state index contributed by atoms with van der Waals surface area (Å²) in [6.07, 6.45) is 0.257. The summed E-state index contributed by atoms with van der Waals surface area (Å²) in [5.41, 5.74) is 6.05. The van der Waals surface area contributed by atoms with Crippen molar-refractivity contribution in [2.75, 3.05) is 6.54 Å². The van der Waals surface area contributed by atoms with Gasteiger partial charge in [-0.2, -0.15) is 8.42 Å². The molecule has 0 unspecified atom stereocenters. The quantitative estimate of drug-likeness (QED) is 0.437. The van der Waals surface area contributed by atoms with Gasteiger partial charge in [-0.15, -0.1) is 0 Å². The molecule has 0 aliphatic carbocycles. The molecule has 0 aromatic heterocycles. The van der Waals surface area contributed by atoms with Crippen LogP contribution in [0.3, 0.4) is 0 Å². The van der Waals surface area contributed by atoms with E-state index in [1.165, 1.54) is 12.1 Å². The predicted octanol–water partition coefficient (Wildman–Crippen LogP) is 3.12. The van der Waals surface area contributed by atoms with Gasteiger partial charge in [0, 0.05) is 6.42 Å². The molecule has 8 heteroatoms. The third-order valence-electron chi connectivity index (χ3n) is 4.10. The number of esters is 1. The highest BCUT2D eigenvalue weighted by Gasteiger charge is 2.09. The van der Waals surface area contributed by atoms with Crippen LogP contribution in [0.4, 0.5) is 0 Å². The van der Waals surface area contributed by atoms with E-state index in [1.54, 1.807) is 12.1 Å². The number of Topliss-reactive ketones (excluding diaryl/α,β-unsaturated/α-hetero) is 1. The van der Waals surface area contributed by atoms with Gasteiger partial charge in [-0.25, -0.2) is 0 Å². The Balaban J connectivity index is 0.000000215. The van der Waals surface area contributed by atoms with Crippen LogP contribution in [-0.4, -0.2) is 31.3 Å². The Kier molecular flexibility index (Phi) is 8.67. The molecule has 3 N–H and O–H groups in total. The Labute approximate surface area is 175 Å². The largest absolute Gasteiger partial charge is 0.461 e. The highest BCUT2D eigenvalue weighted by molar-refractivity contribution is 7.85. The van der Waals surface area contributed by atoms with E-state index >= 15 is 0 Å². The van der Waals surface area contributed by atoms with Crippen molar-refractivity contribution in [2.24, 2.45) is 5.73 Å². The van der Waals surface area contributed by atoms with Gasteiger partial charge >= 0.3 is 5.97 Å². The lowest BCUT2D eigenvalue weighted by atomic mass is 10.1. The van der Waals surface area contributed by atoms with E-state index in [4.69, 9.17) is 15.0 Å². The normalized spacial score (nSPS) is 10.7. The van der Waals surface area contributed by atoms with Crippen molar-refractivity contribution in [3.05, 3.63) is 78.4 Å². The topological polar surface area (TPSA) is 124 Å². The van der Waals surface area contributed by atoms with Gasteiger partial charge in [-0.1, -0.05) is 60.7 Å². The summed E-state index contributed by atoms with van der Waals surface area (Å²) in [5, 5.41) is 1.74. The smallest absolute Gasteiger partial charge is 0.306 e. The van der Waals surface area contributed by atoms with Crippen LogP contribution in [0, 0.1) is 0 Å². The monoisotopic (exact) mass is 429 g/mol. The number of benzene rings is 3. The van der Waals surface area contributed by atoms with E-state index in [-0.39, 0.29) is 42.6 Å². The fourth-order valence-corrected chi connectivity index (χ4v) is 3.00. The first-order valence-corrected chi connectivity index (χ1v) is 10.6. The average molecular weight is 429 g/mol. The van der Waals surface area contributed by atoms with Crippen LogP contribution in [-0.2, 0) is 31.1 Å². The van der Waals surface area contributed by atoms with Gasteiger partial charge in [0.25, 0.3) is 10.1 Å². The first kappa shape index (κ1) is 23.2. The minimum Gasteiger partial charge on any atom is -0.461 e. The summed E-state index contributed by atoms with van der Waals surface area (Å²) in [5.74, 6) is -0.498. The van der Waals surface area contributed by atoms with Crippen molar-refractivity contribution in [2.45, 2.75) is 24.3 Å². The lowest BCUT2D eigenvalue weighted by molar-refractivity contribution is -0.146. The Morgan fingerprint density at radius 1 is 0.867 bits per heavy atom. The van der Waals surface area contributed by atoms with Gasteiger partial charge in [0.1, 0.15) is 12.4 Å². The molecule has 0 fully saturated rings. The number of ether oxygens (including phenoxy) is 1. The number of rotatable bonds is 7. The molecule has 158 valence electrons. The van der Waals surface area contributed by atoms with Crippen LogP contribution in [0.15, 0.2) is 77.7 Å². The minimum atomic E-state index is -4.09. The van der Waals surface area contributed by atoms with Crippen LogP contribution in [0.25, 0.3) is 10.8 Å². The zero-order valence-electron chi connectivity index (χ0n) is 16.2. The lowest BCUT2D eigenvalue weighted by Crippen LogP contribution is -2.15. The molecule has 0 amide bonds. The average Bonchev–Trinajstić information content (AvgIpc) is 2.76. The van der Waals surface area contributed by atoms with Crippen LogP contribution in [0.5, 0.6) is 0 Å². The molecule has 0 spiro atoms. The second kappa shape index (κ2) is 11.2. The summed E-state index contributed by atoms with van der Waals surface area (Å²) >= 11 is 0. The molecule has 0 aliphatic heterocycles. The summed E-state index contributed by atoms with van der Waals surface area (Å²) < 4.78 is 35.5. The van der Waals surface area contributed by atoms with E-state index in [2.05, 4.69) is 0 Å². The number of hydrogen-bond acceptors (Lipinski definition) is 6. The molecule has 0 saturated heterocycles. The van der Waals surface area contributed by atoms with Gasteiger partial charge in [0.15, 0.2) is 0 Å². The molecule has 0 radical (unpaired) electrons. The molecule has 3 rings (SSSR count). The summed E-state index contributed by atoms with van der Waals surface area (Å²) in [6, 6.07) is 21.3. The van der Waals surface area contributed by atoms with E-state index in [0.717, 1.165) is 16.3 Å². The molecule has 0 bridgehead atoms. The lowest BCUT2D eigenvalue weighted by Gasteiger charge is -2.04. The van der Waals surface area contributed by atoms with Gasteiger partial charge in [-0.05, 0) is 28.5 Å². The first-order valence-electron chi connectivity index (χ1n) is 9.17. The van der Waals surface area contributed by atoms with Gasteiger partial charge in [0.05, 0.1) is 17.9 Å². The van der Waals surface area contributed by atoms with E-state index < -0.39 is 10.1 Å². The van der Waals surface area contributed by atoms with Crippen molar-refractivity contribution in [3.63, 3.8) is 0 Å². The Hall–Kier alpha value is -3.07. The van der Waals surface area contributed by atoms with Crippen molar-refractivity contribution in [1.82, 2.24) is 0 Å².